The van der Waals surface area contributed by atoms with Crippen LogP contribution < -0.4 is 5.32 Å². The van der Waals surface area contributed by atoms with E-state index in [1.807, 2.05) is 36.4 Å². The first-order chi connectivity index (χ1) is 10.7. The molecule has 2 atom stereocenters. The van der Waals surface area contributed by atoms with Crippen LogP contribution in [0.25, 0.3) is 0 Å². The van der Waals surface area contributed by atoms with E-state index in [-0.39, 0.29) is 6.04 Å². The average Bonchev–Trinajstić information content (AvgIpc) is 2.56. The molecular weight excluding hydrogens is 313 g/mol. The molecule has 0 saturated heterocycles. The summed E-state index contributed by atoms with van der Waals surface area (Å²) in [5.41, 5.74) is 2.35. The molecule has 3 rings (SSSR count). The van der Waals surface area contributed by atoms with Crippen LogP contribution in [0.3, 0.4) is 0 Å². The van der Waals surface area contributed by atoms with Crippen LogP contribution in [-0.4, -0.2) is 0 Å². The monoisotopic (exact) mass is 331 g/mol. The Bertz CT molecular complexity index is 631. The SMILES string of the molecule is Clc1ccc(NC(c2ccc(Cl)cc2)C2C=CCCC2)cc1. The van der Waals surface area contributed by atoms with Crippen LogP contribution >= 0.6 is 23.2 Å². The molecule has 0 radical (unpaired) electrons. The van der Waals surface area contributed by atoms with Gasteiger partial charge >= 0.3 is 0 Å². The third-order valence-corrected chi connectivity index (χ3v) is 4.62. The third kappa shape index (κ3) is 3.85. The summed E-state index contributed by atoms with van der Waals surface area (Å²) >= 11 is 12.0. The van der Waals surface area contributed by atoms with Gasteiger partial charge in [0, 0.05) is 21.7 Å². The standard InChI is InChI=1S/C19H19Cl2N/c20-16-8-6-15(7-9-16)19(14-4-2-1-3-5-14)22-18-12-10-17(21)11-13-18/h2,4,6-14,19,22H,1,3,5H2. The van der Waals surface area contributed by atoms with Crippen LogP contribution in [0.15, 0.2) is 60.7 Å². The summed E-state index contributed by atoms with van der Waals surface area (Å²) in [5.74, 6) is 0.491. The lowest BCUT2D eigenvalue weighted by Crippen LogP contribution is -2.21. The summed E-state index contributed by atoms with van der Waals surface area (Å²) in [6, 6.07) is 16.3. The highest BCUT2D eigenvalue weighted by atomic mass is 35.5. The summed E-state index contributed by atoms with van der Waals surface area (Å²) in [4.78, 5) is 0. The highest BCUT2D eigenvalue weighted by molar-refractivity contribution is 6.30. The minimum atomic E-state index is 0.245. The normalized spacial score (nSPS) is 18.9. The largest absolute Gasteiger partial charge is 0.378 e. The van der Waals surface area contributed by atoms with E-state index >= 15 is 0 Å². The predicted molar refractivity (Wildman–Crippen MR) is 95.7 cm³/mol. The van der Waals surface area contributed by atoms with Gasteiger partial charge in [0.25, 0.3) is 0 Å². The second-order valence-electron chi connectivity index (χ2n) is 5.70. The average molecular weight is 332 g/mol. The molecule has 2 unspecified atom stereocenters. The molecular formula is C19H19Cl2N. The van der Waals surface area contributed by atoms with E-state index in [4.69, 9.17) is 23.2 Å². The molecule has 0 aliphatic heterocycles. The fraction of sp³-hybridized carbons (Fsp3) is 0.263. The van der Waals surface area contributed by atoms with E-state index in [0.29, 0.717) is 5.92 Å². The van der Waals surface area contributed by atoms with Crippen LogP contribution in [-0.2, 0) is 0 Å². The van der Waals surface area contributed by atoms with Crippen molar-refractivity contribution in [3.05, 3.63) is 76.3 Å². The molecule has 2 aromatic rings. The molecule has 1 aliphatic rings. The van der Waals surface area contributed by atoms with Gasteiger partial charge in [0.2, 0.25) is 0 Å². The van der Waals surface area contributed by atoms with E-state index in [9.17, 15) is 0 Å². The van der Waals surface area contributed by atoms with Gasteiger partial charge in [-0.3, -0.25) is 0 Å². The minimum Gasteiger partial charge on any atom is -0.378 e. The molecule has 0 heterocycles. The van der Waals surface area contributed by atoms with Crippen LogP contribution in [0.5, 0.6) is 0 Å². The van der Waals surface area contributed by atoms with E-state index < -0.39 is 0 Å². The van der Waals surface area contributed by atoms with Crippen molar-refractivity contribution in [1.29, 1.82) is 0 Å². The summed E-state index contributed by atoms with van der Waals surface area (Å²) < 4.78 is 0. The molecule has 0 spiro atoms. The number of halogens is 2. The van der Waals surface area contributed by atoms with Crippen molar-refractivity contribution < 1.29 is 0 Å². The fourth-order valence-electron chi connectivity index (χ4n) is 2.95. The molecule has 2 aromatic carbocycles. The van der Waals surface area contributed by atoms with Gasteiger partial charge in [-0.05, 0) is 61.2 Å². The Morgan fingerprint density at radius 3 is 2.14 bits per heavy atom. The Morgan fingerprint density at radius 1 is 0.909 bits per heavy atom. The number of allylic oxidation sites excluding steroid dienone is 1. The van der Waals surface area contributed by atoms with Crippen molar-refractivity contribution in [3.63, 3.8) is 0 Å². The zero-order valence-corrected chi connectivity index (χ0v) is 13.8. The van der Waals surface area contributed by atoms with Gasteiger partial charge in [-0.1, -0.05) is 47.5 Å². The van der Waals surface area contributed by atoms with E-state index in [0.717, 1.165) is 15.7 Å². The topological polar surface area (TPSA) is 12.0 Å². The number of rotatable bonds is 4. The highest BCUT2D eigenvalue weighted by Crippen LogP contribution is 2.34. The Hall–Kier alpha value is -1.44. The quantitative estimate of drug-likeness (QED) is 0.630. The molecule has 1 nitrogen and oxygen atoms in total. The molecule has 22 heavy (non-hydrogen) atoms. The maximum Gasteiger partial charge on any atom is 0.0576 e. The molecule has 1 aliphatic carbocycles. The Kier molecular flexibility index (Phi) is 5.07. The van der Waals surface area contributed by atoms with Crippen LogP contribution in [0.4, 0.5) is 5.69 Å². The van der Waals surface area contributed by atoms with Crippen LogP contribution in [0.1, 0.15) is 30.9 Å². The van der Waals surface area contributed by atoms with Gasteiger partial charge in [-0.25, -0.2) is 0 Å². The Labute approximate surface area is 142 Å². The summed E-state index contributed by atoms with van der Waals surface area (Å²) in [6.07, 6.45) is 8.26. The summed E-state index contributed by atoms with van der Waals surface area (Å²) in [6.45, 7) is 0. The smallest absolute Gasteiger partial charge is 0.0576 e. The number of hydrogen-bond donors (Lipinski definition) is 1. The first-order valence-electron chi connectivity index (χ1n) is 7.66. The fourth-order valence-corrected chi connectivity index (χ4v) is 3.20. The van der Waals surface area contributed by atoms with Crippen LogP contribution in [0, 0.1) is 5.92 Å². The van der Waals surface area contributed by atoms with E-state index in [2.05, 4.69) is 29.6 Å². The maximum atomic E-state index is 6.03. The summed E-state index contributed by atoms with van der Waals surface area (Å²) in [5, 5.41) is 5.19. The second-order valence-corrected chi connectivity index (χ2v) is 6.58. The third-order valence-electron chi connectivity index (χ3n) is 4.12. The van der Waals surface area contributed by atoms with Crippen molar-refractivity contribution in [3.8, 4) is 0 Å². The molecule has 0 bridgehead atoms. The van der Waals surface area contributed by atoms with Gasteiger partial charge in [0.1, 0.15) is 0 Å². The Morgan fingerprint density at radius 2 is 1.55 bits per heavy atom. The predicted octanol–water partition coefficient (Wildman–Crippen LogP) is 6.50. The van der Waals surface area contributed by atoms with Crippen molar-refractivity contribution in [1.82, 2.24) is 0 Å². The van der Waals surface area contributed by atoms with E-state index in [1.165, 1.54) is 24.8 Å². The first kappa shape index (κ1) is 15.5. The van der Waals surface area contributed by atoms with Crippen molar-refractivity contribution in [2.75, 3.05) is 5.32 Å². The number of benzene rings is 2. The first-order valence-corrected chi connectivity index (χ1v) is 8.42. The van der Waals surface area contributed by atoms with Crippen molar-refractivity contribution in [2.45, 2.75) is 25.3 Å². The molecule has 0 saturated carbocycles. The lowest BCUT2D eigenvalue weighted by atomic mass is 9.85. The molecule has 114 valence electrons. The zero-order chi connectivity index (χ0) is 15.4. The number of nitrogens with one attached hydrogen (secondary N) is 1. The van der Waals surface area contributed by atoms with Crippen molar-refractivity contribution in [2.24, 2.45) is 5.92 Å². The lowest BCUT2D eigenvalue weighted by Gasteiger charge is -2.29. The lowest BCUT2D eigenvalue weighted by molar-refractivity contribution is 0.478. The Balaban J connectivity index is 1.88. The molecule has 1 N–H and O–H groups in total. The van der Waals surface area contributed by atoms with Gasteiger partial charge in [-0.15, -0.1) is 0 Å². The van der Waals surface area contributed by atoms with Crippen LogP contribution in [0.2, 0.25) is 10.0 Å². The van der Waals surface area contributed by atoms with Gasteiger partial charge in [0.05, 0.1) is 6.04 Å². The zero-order valence-electron chi connectivity index (χ0n) is 12.3. The molecule has 0 aromatic heterocycles. The van der Waals surface area contributed by atoms with Crippen molar-refractivity contribution >= 4 is 28.9 Å². The van der Waals surface area contributed by atoms with E-state index in [1.54, 1.807) is 0 Å². The van der Waals surface area contributed by atoms with Gasteiger partial charge in [-0.2, -0.15) is 0 Å². The number of hydrogen-bond acceptors (Lipinski definition) is 1. The minimum absolute atomic E-state index is 0.245. The maximum absolute atomic E-state index is 6.03. The summed E-state index contributed by atoms with van der Waals surface area (Å²) in [7, 11) is 0. The second kappa shape index (κ2) is 7.21. The van der Waals surface area contributed by atoms with Gasteiger partial charge in [0.15, 0.2) is 0 Å². The molecule has 0 fully saturated rings. The van der Waals surface area contributed by atoms with Gasteiger partial charge < -0.3 is 5.32 Å². The molecule has 3 heteroatoms. The highest BCUT2D eigenvalue weighted by Gasteiger charge is 2.22. The number of anilines is 1. The molecule has 0 amide bonds.